The summed E-state index contributed by atoms with van der Waals surface area (Å²) in [7, 11) is 0. The maximum Gasteiger partial charge on any atom is 0.325 e. The van der Waals surface area contributed by atoms with Gasteiger partial charge >= 0.3 is 5.97 Å². The van der Waals surface area contributed by atoms with E-state index in [1.54, 1.807) is 20.8 Å². The Morgan fingerprint density at radius 1 is 1.40 bits per heavy atom. The van der Waals surface area contributed by atoms with Gasteiger partial charge in [0.15, 0.2) is 0 Å². The van der Waals surface area contributed by atoms with Crippen molar-refractivity contribution < 1.29 is 20.7 Å². The predicted molar refractivity (Wildman–Crippen MR) is 73.4 cm³/mol. The summed E-state index contributed by atoms with van der Waals surface area (Å²) in [5, 5.41) is 12.9. The summed E-state index contributed by atoms with van der Waals surface area (Å²) in [6, 6.07) is 5.26. The first-order valence-corrected chi connectivity index (χ1v) is 5.93. The molecule has 1 aromatic carbocycles. The Morgan fingerprint density at radius 3 is 2.60 bits per heavy atom. The number of nitro groups is 1. The molecule has 0 bridgehead atoms. The number of ether oxygens (including phenoxy) is 1. The third-order valence-electron chi connectivity index (χ3n) is 2.13. The Bertz CT molecular complexity index is 540. The highest BCUT2D eigenvalue weighted by Crippen LogP contribution is 2.13. The molecule has 0 saturated carbocycles. The second-order valence-electron chi connectivity index (χ2n) is 5.08. The Labute approximate surface area is 117 Å². The molecule has 0 unspecified atom stereocenters. The summed E-state index contributed by atoms with van der Waals surface area (Å²) >= 11 is 0. The molecule has 0 radical (unpaired) electrons. The van der Waals surface area contributed by atoms with Crippen molar-refractivity contribution in [2.75, 3.05) is 6.54 Å². The number of nitro benzene ring substituents is 1. The number of esters is 1. The second kappa shape index (κ2) is 6.14. The zero-order valence-corrected chi connectivity index (χ0v) is 11.5. The van der Waals surface area contributed by atoms with Gasteiger partial charge < -0.3 is 10.1 Å². The number of rotatable bonds is 4. The smallest absolute Gasteiger partial charge is 0.325 e. The lowest BCUT2D eigenvalue weighted by Gasteiger charge is -2.19. The first-order chi connectivity index (χ1) is 9.19. The number of carbonyl (C=O) groups is 2. The minimum Gasteiger partial charge on any atom is -0.459 e. The molecular formula is C13H18N2O5. The van der Waals surface area contributed by atoms with Crippen molar-refractivity contribution in [1.82, 2.24) is 5.32 Å². The van der Waals surface area contributed by atoms with Crippen LogP contribution in [0.4, 0.5) is 5.69 Å². The third-order valence-corrected chi connectivity index (χ3v) is 2.13. The van der Waals surface area contributed by atoms with E-state index in [0.29, 0.717) is 0 Å². The average molecular weight is 282 g/mol. The molecule has 0 aromatic heterocycles. The molecule has 0 heterocycles. The number of hydrogen-bond donors (Lipinski definition) is 1. The summed E-state index contributed by atoms with van der Waals surface area (Å²) in [5.74, 6) is -1.14. The summed E-state index contributed by atoms with van der Waals surface area (Å²) in [5.41, 5.74) is -0.703. The molecule has 0 aliphatic heterocycles. The quantitative estimate of drug-likeness (QED) is 0.516. The highest BCUT2D eigenvalue weighted by molar-refractivity contribution is 5.96. The number of carbonyl (C=O) groups excluding carboxylic acids is 2. The van der Waals surface area contributed by atoms with Crippen molar-refractivity contribution in [2.45, 2.75) is 26.4 Å². The molecule has 0 fully saturated rings. The lowest BCUT2D eigenvalue weighted by molar-refractivity contribution is -0.384. The minimum absolute atomic E-state index is 0. The van der Waals surface area contributed by atoms with Gasteiger partial charge in [0, 0.05) is 19.1 Å². The Kier molecular flexibility index (Phi) is 4.79. The molecule has 7 nitrogen and oxygen atoms in total. The van der Waals surface area contributed by atoms with Crippen LogP contribution in [0.2, 0.25) is 0 Å². The maximum absolute atomic E-state index is 11.7. The predicted octanol–water partition coefficient (Wildman–Crippen LogP) is 1.91. The van der Waals surface area contributed by atoms with Crippen molar-refractivity contribution in [1.29, 1.82) is 0 Å². The van der Waals surface area contributed by atoms with E-state index in [0.717, 1.165) is 6.07 Å². The lowest BCUT2D eigenvalue weighted by Crippen LogP contribution is -2.34. The van der Waals surface area contributed by atoms with E-state index in [2.05, 4.69) is 5.32 Å². The minimum atomic E-state index is -0.632. The zero-order valence-electron chi connectivity index (χ0n) is 11.5. The molecule has 1 rings (SSSR count). The van der Waals surface area contributed by atoms with Crippen LogP contribution in [0.15, 0.2) is 24.3 Å². The molecule has 7 heteroatoms. The molecule has 1 aromatic rings. The van der Waals surface area contributed by atoms with Crippen LogP contribution < -0.4 is 5.32 Å². The van der Waals surface area contributed by atoms with Gasteiger partial charge in [-0.2, -0.15) is 0 Å². The van der Waals surface area contributed by atoms with Gasteiger partial charge in [-0.3, -0.25) is 19.7 Å². The first kappa shape index (κ1) is 15.6. The Morgan fingerprint density at radius 2 is 2.05 bits per heavy atom. The van der Waals surface area contributed by atoms with Gasteiger partial charge in [-0.25, -0.2) is 0 Å². The fourth-order valence-electron chi connectivity index (χ4n) is 1.39. The number of benzene rings is 1. The molecule has 0 atom stereocenters. The van der Waals surface area contributed by atoms with Gasteiger partial charge in [0.25, 0.3) is 11.6 Å². The Hall–Kier alpha value is -2.44. The van der Waals surface area contributed by atoms with Crippen LogP contribution in [-0.4, -0.2) is 28.9 Å². The van der Waals surface area contributed by atoms with E-state index in [9.17, 15) is 19.7 Å². The summed E-state index contributed by atoms with van der Waals surface area (Å²) in [6.45, 7) is 4.85. The Balaban J connectivity index is 0.00000400. The fourth-order valence-corrected chi connectivity index (χ4v) is 1.39. The van der Waals surface area contributed by atoms with Gasteiger partial charge in [0.2, 0.25) is 0 Å². The van der Waals surface area contributed by atoms with E-state index < -0.39 is 22.4 Å². The van der Waals surface area contributed by atoms with E-state index >= 15 is 0 Å². The van der Waals surface area contributed by atoms with Crippen LogP contribution in [-0.2, 0) is 9.53 Å². The molecule has 1 amide bonds. The lowest BCUT2D eigenvalue weighted by atomic mass is 10.2. The number of non-ortho nitro benzene ring substituents is 1. The molecule has 0 aliphatic rings. The normalized spacial score (nSPS) is 10.8. The number of hydrogen-bond acceptors (Lipinski definition) is 5. The molecule has 0 aliphatic carbocycles. The van der Waals surface area contributed by atoms with Gasteiger partial charge in [0.05, 0.1) is 4.92 Å². The number of nitrogens with one attached hydrogen (secondary N) is 1. The molecular weight excluding hydrogens is 264 g/mol. The molecule has 20 heavy (non-hydrogen) atoms. The van der Waals surface area contributed by atoms with Crippen LogP contribution >= 0.6 is 0 Å². The number of amides is 1. The van der Waals surface area contributed by atoms with Gasteiger partial charge in [-0.05, 0) is 26.8 Å². The highest BCUT2D eigenvalue weighted by Gasteiger charge is 2.17. The first-order valence-electron chi connectivity index (χ1n) is 5.93. The van der Waals surface area contributed by atoms with Crippen molar-refractivity contribution in [2.24, 2.45) is 0 Å². The second-order valence-corrected chi connectivity index (χ2v) is 5.08. The van der Waals surface area contributed by atoms with Crippen LogP contribution in [0.25, 0.3) is 0 Å². The van der Waals surface area contributed by atoms with Crippen molar-refractivity contribution >= 4 is 17.6 Å². The maximum atomic E-state index is 11.7. The zero-order chi connectivity index (χ0) is 15.3. The van der Waals surface area contributed by atoms with Crippen molar-refractivity contribution in [3.8, 4) is 0 Å². The van der Waals surface area contributed by atoms with E-state index in [1.807, 2.05) is 0 Å². The van der Waals surface area contributed by atoms with E-state index in [1.165, 1.54) is 18.2 Å². The molecule has 110 valence electrons. The monoisotopic (exact) mass is 282 g/mol. The summed E-state index contributed by atoms with van der Waals surface area (Å²) in [6.07, 6.45) is 0. The van der Waals surface area contributed by atoms with E-state index in [-0.39, 0.29) is 19.2 Å². The highest BCUT2D eigenvalue weighted by atomic mass is 16.6. The largest absolute Gasteiger partial charge is 0.459 e. The standard InChI is InChI=1S/C13H16N2O5.H2/c1-13(2,3)20-11(16)8-14-12(17)9-5-4-6-10(7-9)15(18)19;/h4-7H,8H2,1-3H3,(H,14,17);1H. The van der Waals surface area contributed by atoms with Crippen molar-refractivity contribution in [3.05, 3.63) is 39.9 Å². The molecule has 1 N–H and O–H groups in total. The van der Waals surface area contributed by atoms with E-state index in [4.69, 9.17) is 4.74 Å². The van der Waals surface area contributed by atoms with Crippen LogP contribution in [0.5, 0.6) is 0 Å². The third kappa shape index (κ3) is 5.05. The topological polar surface area (TPSA) is 98.5 Å². The SMILES string of the molecule is CC(C)(C)OC(=O)CNC(=O)c1cccc([N+](=O)[O-])c1.[HH]. The summed E-state index contributed by atoms with van der Waals surface area (Å²) in [4.78, 5) is 33.2. The molecule has 0 saturated heterocycles. The van der Waals surface area contributed by atoms with Gasteiger partial charge in [0.1, 0.15) is 12.1 Å². The molecule has 0 spiro atoms. The van der Waals surface area contributed by atoms with Gasteiger partial charge in [-0.1, -0.05) is 6.07 Å². The summed E-state index contributed by atoms with van der Waals surface area (Å²) < 4.78 is 5.02. The van der Waals surface area contributed by atoms with Crippen LogP contribution in [0.3, 0.4) is 0 Å². The van der Waals surface area contributed by atoms with Gasteiger partial charge in [-0.15, -0.1) is 0 Å². The average Bonchev–Trinajstić information content (AvgIpc) is 2.34. The van der Waals surface area contributed by atoms with Crippen LogP contribution in [0.1, 0.15) is 32.6 Å². The fraction of sp³-hybridized carbons (Fsp3) is 0.385. The van der Waals surface area contributed by atoms with Crippen LogP contribution in [0, 0.1) is 10.1 Å². The van der Waals surface area contributed by atoms with Crippen molar-refractivity contribution in [3.63, 3.8) is 0 Å². The number of nitrogens with zero attached hydrogens (tertiary/aromatic N) is 1.